The van der Waals surface area contributed by atoms with Gasteiger partial charge in [-0.25, -0.2) is 0 Å². The fraction of sp³-hybridized carbons (Fsp3) is 0.333. The van der Waals surface area contributed by atoms with Crippen LogP contribution in [0.4, 0.5) is 5.69 Å². The zero-order valence-electron chi connectivity index (χ0n) is 13.2. The van der Waals surface area contributed by atoms with Crippen LogP contribution in [-0.2, 0) is 11.3 Å². The van der Waals surface area contributed by atoms with Gasteiger partial charge in [0, 0.05) is 31.9 Å². The Morgan fingerprint density at radius 1 is 1.09 bits per heavy atom. The summed E-state index contributed by atoms with van der Waals surface area (Å²) < 4.78 is 5.25. The average Bonchev–Trinajstić information content (AvgIpc) is 2.51. The Bertz CT molecular complexity index is 548. The highest BCUT2D eigenvalue weighted by Crippen LogP contribution is 2.22. The molecule has 0 saturated carbocycles. The molecule has 0 aliphatic carbocycles. The molecule has 0 saturated heterocycles. The molecular weight excluding hydrogens is 296 g/mol. The van der Waals surface area contributed by atoms with Crippen LogP contribution in [0.5, 0.6) is 0 Å². The van der Waals surface area contributed by atoms with Crippen LogP contribution in [0.2, 0.25) is 0 Å². The molecule has 0 aliphatic heterocycles. The smallest absolute Gasteiger partial charge is 0.0590 e. The van der Waals surface area contributed by atoms with E-state index in [1.54, 1.807) is 7.11 Å². The fourth-order valence-electron chi connectivity index (χ4n) is 2.49. The first kappa shape index (κ1) is 18.5. The van der Waals surface area contributed by atoms with Crippen LogP contribution in [0.1, 0.15) is 24.1 Å². The number of anilines is 1. The second-order valence-electron chi connectivity index (χ2n) is 5.29. The molecule has 4 heteroatoms. The molecule has 0 aromatic heterocycles. The van der Waals surface area contributed by atoms with E-state index in [1.165, 1.54) is 11.1 Å². The molecule has 0 aliphatic rings. The third-order valence-electron chi connectivity index (χ3n) is 3.75. The van der Waals surface area contributed by atoms with Gasteiger partial charge in [-0.1, -0.05) is 42.5 Å². The van der Waals surface area contributed by atoms with Gasteiger partial charge in [0.25, 0.3) is 0 Å². The van der Waals surface area contributed by atoms with Gasteiger partial charge in [0.15, 0.2) is 0 Å². The van der Waals surface area contributed by atoms with Gasteiger partial charge in [-0.05, 0) is 30.2 Å². The number of ether oxygens (including phenoxy) is 1. The van der Waals surface area contributed by atoms with Crippen LogP contribution in [-0.4, -0.2) is 25.2 Å². The molecule has 1 atom stereocenters. The van der Waals surface area contributed by atoms with Crippen LogP contribution >= 0.6 is 12.4 Å². The number of nitrogen functional groups attached to an aromatic ring is 1. The summed E-state index contributed by atoms with van der Waals surface area (Å²) in [4.78, 5) is 2.41. The summed E-state index contributed by atoms with van der Waals surface area (Å²) in [7, 11) is 1.74. The summed E-state index contributed by atoms with van der Waals surface area (Å²) in [6, 6.07) is 19.0. The lowest BCUT2D eigenvalue weighted by atomic mass is 10.1. The molecule has 2 N–H and O–H groups in total. The highest BCUT2D eigenvalue weighted by atomic mass is 35.5. The van der Waals surface area contributed by atoms with Gasteiger partial charge in [0.1, 0.15) is 0 Å². The standard InChI is InChI=1S/C18H24N2O.ClH/c1-15(17-8-4-3-5-9-17)20(11-12-21-2)14-16-7-6-10-18(19)13-16;/h3-10,13,15H,11-12,14,19H2,1-2H3;1H. The Hall–Kier alpha value is -1.55. The second kappa shape index (κ2) is 9.46. The summed E-state index contributed by atoms with van der Waals surface area (Å²) in [5.74, 6) is 0. The lowest BCUT2D eigenvalue weighted by Crippen LogP contribution is -2.30. The van der Waals surface area contributed by atoms with Crippen molar-refractivity contribution in [2.75, 3.05) is 26.0 Å². The molecule has 0 bridgehead atoms. The van der Waals surface area contributed by atoms with Crippen LogP contribution in [0.25, 0.3) is 0 Å². The first-order valence-electron chi connectivity index (χ1n) is 7.33. The Balaban J connectivity index is 0.00000242. The van der Waals surface area contributed by atoms with Gasteiger partial charge in [0.2, 0.25) is 0 Å². The first-order valence-corrected chi connectivity index (χ1v) is 7.33. The van der Waals surface area contributed by atoms with E-state index < -0.39 is 0 Å². The summed E-state index contributed by atoms with van der Waals surface area (Å²) in [5, 5.41) is 0. The maximum atomic E-state index is 5.88. The van der Waals surface area contributed by atoms with E-state index in [4.69, 9.17) is 10.5 Å². The zero-order chi connectivity index (χ0) is 15.1. The number of hydrogen-bond donors (Lipinski definition) is 1. The molecule has 3 nitrogen and oxygen atoms in total. The van der Waals surface area contributed by atoms with E-state index in [-0.39, 0.29) is 12.4 Å². The Kier molecular flexibility index (Phi) is 7.96. The molecule has 2 aromatic carbocycles. The summed E-state index contributed by atoms with van der Waals surface area (Å²) in [5.41, 5.74) is 9.24. The number of benzene rings is 2. The Morgan fingerprint density at radius 3 is 2.45 bits per heavy atom. The molecule has 1 unspecified atom stereocenters. The van der Waals surface area contributed by atoms with Gasteiger partial charge in [-0.2, -0.15) is 0 Å². The maximum absolute atomic E-state index is 5.88. The fourth-order valence-corrected chi connectivity index (χ4v) is 2.49. The minimum absolute atomic E-state index is 0. The Morgan fingerprint density at radius 2 is 1.82 bits per heavy atom. The molecular formula is C18H25ClN2O. The molecule has 22 heavy (non-hydrogen) atoms. The number of nitrogens with two attached hydrogens (primary N) is 1. The van der Waals surface area contributed by atoms with E-state index in [2.05, 4.69) is 42.2 Å². The molecule has 2 aromatic rings. The van der Waals surface area contributed by atoms with Crippen molar-refractivity contribution >= 4 is 18.1 Å². The number of nitrogens with zero attached hydrogens (tertiary/aromatic N) is 1. The summed E-state index contributed by atoms with van der Waals surface area (Å²) in [6.45, 7) is 4.71. The highest BCUT2D eigenvalue weighted by Gasteiger charge is 2.15. The SMILES string of the molecule is COCCN(Cc1cccc(N)c1)C(C)c1ccccc1.Cl. The second-order valence-corrected chi connectivity index (χ2v) is 5.29. The van der Waals surface area contributed by atoms with E-state index >= 15 is 0 Å². The molecule has 2 rings (SSSR count). The lowest BCUT2D eigenvalue weighted by molar-refractivity contribution is 0.119. The van der Waals surface area contributed by atoms with Gasteiger partial charge in [-0.3, -0.25) is 4.90 Å². The molecule has 0 fully saturated rings. The monoisotopic (exact) mass is 320 g/mol. The molecule has 0 spiro atoms. The van der Waals surface area contributed by atoms with E-state index in [1.807, 2.05) is 24.3 Å². The summed E-state index contributed by atoms with van der Waals surface area (Å²) >= 11 is 0. The number of rotatable bonds is 7. The van der Waals surface area contributed by atoms with Crippen molar-refractivity contribution in [1.82, 2.24) is 4.90 Å². The third-order valence-corrected chi connectivity index (χ3v) is 3.75. The Labute approximate surface area is 139 Å². The van der Waals surface area contributed by atoms with E-state index in [0.717, 1.165) is 25.4 Å². The topological polar surface area (TPSA) is 38.5 Å². The number of halogens is 1. The predicted octanol–water partition coefficient (Wildman–Crippen LogP) is 3.90. The van der Waals surface area contributed by atoms with Gasteiger partial charge in [0.05, 0.1) is 6.61 Å². The number of hydrogen-bond acceptors (Lipinski definition) is 3. The molecule has 0 amide bonds. The van der Waals surface area contributed by atoms with Gasteiger partial charge in [-0.15, -0.1) is 12.4 Å². The van der Waals surface area contributed by atoms with Crippen molar-refractivity contribution in [3.8, 4) is 0 Å². The normalized spacial score (nSPS) is 12.0. The average molecular weight is 321 g/mol. The van der Waals surface area contributed by atoms with Crippen LogP contribution in [0.3, 0.4) is 0 Å². The van der Waals surface area contributed by atoms with Crippen LogP contribution in [0, 0.1) is 0 Å². The summed E-state index contributed by atoms with van der Waals surface area (Å²) in [6.07, 6.45) is 0. The minimum atomic E-state index is 0. The van der Waals surface area contributed by atoms with Crippen molar-refractivity contribution in [2.24, 2.45) is 0 Å². The van der Waals surface area contributed by atoms with Crippen molar-refractivity contribution in [3.63, 3.8) is 0 Å². The highest BCUT2D eigenvalue weighted by molar-refractivity contribution is 5.85. The predicted molar refractivity (Wildman–Crippen MR) is 95.2 cm³/mol. The van der Waals surface area contributed by atoms with Gasteiger partial charge < -0.3 is 10.5 Å². The third kappa shape index (κ3) is 5.34. The number of methoxy groups -OCH3 is 1. The van der Waals surface area contributed by atoms with Crippen LogP contribution < -0.4 is 5.73 Å². The van der Waals surface area contributed by atoms with Crippen molar-refractivity contribution < 1.29 is 4.74 Å². The minimum Gasteiger partial charge on any atom is -0.399 e. The zero-order valence-corrected chi connectivity index (χ0v) is 14.1. The maximum Gasteiger partial charge on any atom is 0.0590 e. The first-order chi connectivity index (χ1) is 10.2. The van der Waals surface area contributed by atoms with Crippen molar-refractivity contribution in [3.05, 3.63) is 65.7 Å². The van der Waals surface area contributed by atoms with Crippen molar-refractivity contribution in [1.29, 1.82) is 0 Å². The van der Waals surface area contributed by atoms with Gasteiger partial charge >= 0.3 is 0 Å². The molecule has 0 radical (unpaired) electrons. The molecule has 0 heterocycles. The van der Waals surface area contributed by atoms with E-state index in [0.29, 0.717) is 6.04 Å². The van der Waals surface area contributed by atoms with Crippen molar-refractivity contribution in [2.45, 2.75) is 19.5 Å². The quantitative estimate of drug-likeness (QED) is 0.786. The van der Waals surface area contributed by atoms with Crippen LogP contribution in [0.15, 0.2) is 54.6 Å². The molecule has 120 valence electrons. The van der Waals surface area contributed by atoms with E-state index in [9.17, 15) is 0 Å². The lowest BCUT2D eigenvalue weighted by Gasteiger charge is -2.29. The largest absolute Gasteiger partial charge is 0.399 e.